The number of hydrogen-bond acceptors (Lipinski definition) is 6. The van der Waals surface area contributed by atoms with Gasteiger partial charge in [0.25, 0.3) is 0 Å². The molecular formula is C14H29NO5. The predicted octanol–water partition coefficient (Wildman–Crippen LogP) is -0.264. The van der Waals surface area contributed by atoms with E-state index in [1.165, 1.54) is 25.7 Å². The van der Waals surface area contributed by atoms with Crippen molar-refractivity contribution in [1.82, 2.24) is 5.32 Å². The van der Waals surface area contributed by atoms with Crippen LogP contribution in [0.25, 0.3) is 0 Å². The van der Waals surface area contributed by atoms with Crippen molar-refractivity contribution in [3.63, 3.8) is 0 Å². The maximum absolute atomic E-state index is 9.92. The molecule has 0 radical (unpaired) electrons. The topological polar surface area (TPSA) is 102 Å². The molecule has 20 heavy (non-hydrogen) atoms. The molecular weight excluding hydrogens is 262 g/mol. The summed E-state index contributed by atoms with van der Waals surface area (Å²) < 4.78 is 5.07. The number of nitrogens with one attached hydrogen (secondary N) is 1. The third kappa shape index (κ3) is 5.27. The highest BCUT2D eigenvalue weighted by molar-refractivity contribution is 4.92. The summed E-state index contributed by atoms with van der Waals surface area (Å²) in [7, 11) is 0. The molecule has 0 aromatic rings. The number of unbranched alkanes of at least 4 members (excludes halogenated alkanes) is 5. The van der Waals surface area contributed by atoms with Crippen LogP contribution in [0.1, 0.15) is 45.4 Å². The zero-order valence-electron chi connectivity index (χ0n) is 12.2. The molecule has 5 atom stereocenters. The zero-order chi connectivity index (χ0) is 15.0. The molecule has 5 N–H and O–H groups in total. The first-order chi connectivity index (χ1) is 9.61. The third-order valence-corrected chi connectivity index (χ3v) is 3.81. The summed E-state index contributed by atoms with van der Waals surface area (Å²) in [5.74, 6) is 0. The smallest absolute Gasteiger partial charge is 0.173 e. The van der Waals surface area contributed by atoms with Crippen LogP contribution in [0.5, 0.6) is 0 Å². The molecule has 0 aromatic heterocycles. The fourth-order valence-electron chi connectivity index (χ4n) is 2.49. The highest BCUT2D eigenvalue weighted by Gasteiger charge is 2.43. The van der Waals surface area contributed by atoms with Gasteiger partial charge < -0.3 is 30.5 Å². The van der Waals surface area contributed by atoms with E-state index in [0.29, 0.717) is 6.54 Å². The van der Waals surface area contributed by atoms with Crippen molar-refractivity contribution in [2.75, 3.05) is 13.2 Å². The number of hydrogen-bond donors (Lipinski definition) is 5. The van der Waals surface area contributed by atoms with Crippen LogP contribution in [0.4, 0.5) is 0 Å². The second-order valence-electron chi connectivity index (χ2n) is 5.48. The van der Waals surface area contributed by atoms with Gasteiger partial charge >= 0.3 is 0 Å². The molecule has 6 heteroatoms. The van der Waals surface area contributed by atoms with Gasteiger partial charge in [0.1, 0.15) is 18.3 Å². The first kappa shape index (κ1) is 17.8. The summed E-state index contributed by atoms with van der Waals surface area (Å²) in [5.41, 5.74) is 0. The van der Waals surface area contributed by atoms with E-state index in [1.807, 2.05) is 0 Å². The average molecular weight is 291 g/mol. The van der Waals surface area contributed by atoms with Crippen molar-refractivity contribution < 1.29 is 25.2 Å². The Balaban J connectivity index is 2.22. The summed E-state index contributed by atoms with van der Waals surface area (Å²) in [6.07, 6.45) is 2.49. The van der Waals surface area contributed by atoms with Gasteiger partial charge in [0.15, 0.2) is 6.29 Å². The van der Waals surface area contributed by atoms with Gasteiger partial charge in [-0.15, -0.1) is 0 Å². The Morgan fingerprint density at radius 2 is 1.60 bits per heavy atom. The number of rotatable bonds is 9. The van der Waals surface area contributed by atoms with E-state index in [9.17, 15) is 15.3 Å². The lowest BCUT2D eigenvalue weighted by Gasteiger charge is -2.40. The van der Waals surface area contributed by atoms with E-state index in [-0.39, 0.29) is 0 Å². The van der Waals surface area contributed by atoms with Crippen LogP contribution in [-0.2, 0) is 4.74 Å². The second kappa shape index (κ2) is 9.65. The summed E-state index contributed by atoms with van der Waals surface area (Å²) in [4.78, 5) is 0. The van der Waals surface area contributed by atoms with E-state index in [4.69, 9.17) is 9.84 Å². The van der Waals surface area contributed by atoms with E-state index < -0.39 is 37.3 Å². The van der Waals surface area contributed by atoms with Crippen LogP contribution in [0.3, 0.4) is 0 Å². The Hall–Kier alpha value is -0.240. The molecule has 0 spiro atoms. The summed E-state index contributed by atoms with van der Waals surface area (Å²) in [6.45, 7) is 2.41. The molecule has 6 nitrogen and oxygen atoms in total. The quantitative estimate of drug-likeness (QED) is 0.375. The van der Waals surface area contributed by atoms with Gasteiger partial charge in [-0.05, 0) is 13.0 Å². The molecule has 0 saturated carbocycles. The average Bonchev–Trinajstić information content (AvgIpc) is 2.45. The normalized spacial score (nSPS) is 34.4. The van der Waals surface area contributed by atoms with Crippen LogP contribution in [-0.4, -0.2) is 64.2 Å². The SMILES string of the molecule is CCCCCCCCN[C@@H]1[C@@H](O)[C@H](O)[C@@H](CO)O[C@H]1O. The predicted molar refractivity (Wildman–Crippen MR) is 75.1 cm³/mol. The van der Waals surface area contributed by atoms with Crippen molar-refractivity contribution in [2.45, 2.75) is 76.1 Å². The number of aliphatic hydroxyl groups is 4. The van der Waals surface area contributed by atoms with Crippen LogP contribution >= 0.6 is 0 Å². The van der Waals surface area contributed by atoms with Crippen molar-refractivity contribution in [2.24, 2.45) is 0 Å². The Bertz CT molecular complexity index is 254. The van der Waals surface area contributed by atoms with Crippen molar-refractivity contribution in [3.05, 3.63) is 0 Å². The Morgan fingerprint density at radius 3 is 2.25 bits per heavy atom. The molecule has 1 saturated heterocycles. The molecule has 0 aliphatic carbocycles. The molecule has 120 valence electrons. The van der Waals surface area contributed by atoms with Gasteiger partial charge in [-0.3, -0.25) is 0 Å². The molecule has 1 aliphatic rings. The van der Waals surface area contributed by atoms with Gasteiger partial charge in [0, 0.05) is 0 Å². The largest absolute Gasteiger partial charge is 0.394 e. The molecule has 0 bridgehead atoms. The van der Waals surface area contributed by atoms with E-state index in [1.54, 1.807) is 0 Å². The van der Waals surface area contributed by atoms with Crippen LogP contribution in [0.2, 0.25) is 0 Å². The molecule has 1 aliphatic heterocycles. The second-order valence-corrected chi connectivity index (χ2v) is 5.48. The Kier molecular flexibility index (Phi) is 8.60. The first-order valence-corrected chi connectivity index (χ1v) is 7.65. The standard InChI is InChI=1S/C14H29NO5/c1-2-3-4-5-6-7-8-15-11-13(18)12(17)10(9-16)20-14(11)19/h10-19H,2-9H2,1H3/t10-,11-,12-,13-,14-/m1/s1. The van der Waals surface area contributed by atoms with E-state index in [2.05, 4.69) is 12.2 Å². The van der Waals surface area contributed by atoms with Gasteiger partial charge in [-0.25, -0.2) is 0 Å². The zero-order valence-corrected chi connectivity index (χ0v) is 12.2. The number of aliphatic hydroxyl groups excluding tert-OH is 4. The molecule has 0 aromatic carbocycles. The van der Waals surface area contributed by atoms with Crippen molar-refractivity contribution in [1.29, 1.82) is 0 Å². The molecule has 1 rings (SSSR count). The van der Waals surface area contributed by atoms with Crippen LogP contribution in [0.15, 0.2) is 0 Å². The lowest BCUT2D eigenvalue weighted by atomic mass is 9.97. The molecule has 0 amide bonds. The molecule has 0 unspecified atom stereocenters. The summed E-state index contributed by atoms with van der Waals surface area (Å²) >= 11 is 0. The van der Waals surface area contributed by atoms with Gasteiger partial charge in [0.2, 0.25) is 0 Å². The maximum Gasteiger partial charge on any atom is 0.173 e. The third-order valence-electron chi connectivity index (χ3n) is 3.81. The minimum absolute atomic E-state index is 0.431. The Labute approximate surface area is 120 Å². The van der Waals surface area contributed by atoms with Crippen LogP contribution < -0.4 is 5.32 Å². The monoisotopic (exact) mass is 291 g/mol. The first-order valence-electron chi connectivity index (χ1n) is 7.65. The maximum atomic E-state index is 9.92. The number of ether oxygens (including phenoxy) is 1. The highest BCUT2D eigenvalue weighted by atomic mass is 16.6. The Morgan fingerprint density at radius 1 is 0.950 bits per heavy atom. The molecule has 1 heterocycles. The highest BCUT2D eigenvalue weighted by Crippen LogP contribution is 2.19. The summed E-state index contributed by atoms with van der Waals surface area (Å²) in [6, 6.07) is -0.719. The fraction of sp³-hybridized carbons (Fsp3) is 1.00. The van der Waals surface area contributed by atoms with Crippen LogP contribution in [0, 0.1) is 0 Å². The van der Waals surface area contributed by atoms with Gasteiger partial charge in [-0.1, -0.05) is 39.0 Å². The summed E-state index contributed by atoms with van der Waals surface area (Å²) in [5, 5.41) is 41.4. The molecule has 1 fully saturated rings. The minimum atomic E-state index is -1.22. The minimum Gasteiger partial charge on any atom is -0.394 e. The lowest BCUT2D eigenvalue weighted by molar-refractivity contribution is -0.254. The fourth-order valence-corrected chi connectivity index (χ4v) is 2.49. The van der Waals surface area contributed by atoms with Gasteiger partial charge in [-0.2, -0.15) is 0 Å². The van der Waals surface area contributed by atoms with Crippen molar-refractivity contribution in [3.8, 4) is 0 Å². The lowest BCUT2D eigenvalue weighted by Crippen LogP contribution is -2.63. The van der Waals surface area contributed by atoms with E-state index >= 15 is 0 Å². The van der Waals surface area contributed by atoms with Crippen molar-refractivity contribution >= 4 is 0 Å². The van der Waals surface area contributed by atoms with Gasteiger partial charge in [0.05, 0.1) is 12.6 Å². The van der Waals surface area contributed by atoms with E-state index in [0.717, 1.165) is 12.8 Å².